The maximum atomic E-state index is 2.79. The highest BCUT2D eigenvalue weighted by Crippen LogP contribution is 2.33. The molecule has 3 heteroatoms. The van der Waals surface area contributed by atoms with E-state index in [0.29, 0.717) is 6.04 Å². The first-order chi connectivity index (χ1) is 11.0. The first kappa shape index (κ1) is 19.6. The van der Waals surface area contributed by atoms with E-state index in [1.807, 2.05) is 11.9 Å². The van der Waals surface area contributed by atoms with E-state index in [2.05, 4.69) is 43.2 Å². The predicted octanol–water partition coefficient (Wildman–Crippen LogP) is 5.43. The van der Waals surface area contributed by atoms with Crippen molar-refractivity contribution in [2.24, 2.45) is 11.8 Å². The van der Waals surface area contributed by atoms with E-state index < -0.39 is 0 Å². The number of rotatable bonds is 7. The molecule has 4 unspecified atom stereocenters. The van der Waals surface area contributed by atoms with Gasteiger partial charge in [0, 0.05) is 24.7 Å². The molecule has 2 aliphatic heterocycles. The lowest BCUT2D eigenvalue weighted by atomic mass is 9.83. The van der Waals surface area contributed by atoms with Crippen molar-refractivity contribution >= 4 is 11.9 Å². The Morgan fingerprint density at radius 1 is 0.826 bits per heavy atom. The van der Waals surface area contributed by atoms with Gasteiger partial charge in [-0.3, -0.25) is 4.90 Å². The van der Waals surface area contributed by atoms with Crippen molar-refractivity contribution < 1.29 is 0 Å². The van der Waals surface area contributed by atoms with Crippen molar-refractivity contribution in [3.05, 3.63) is 0 Å². The number of piperidine rings is 2. The molecule has 4 atom stereocenters. The van der Waals surface area contributed by atoms with Gasteiger partial charge in [-0.05, 0) is 77.0 Å². The zero-order valence-corrected chi connectivity index (χ0v) is 17.1. The van der Waals surface area contributed by atoms with Crippen LogP contribution >= 0.6 is 11.9 Å². The molecule has 0 aromatic rings. The maximum absolute atomic E-state index is 2.79. The average Bonchev–Trinajstić information content (AvgIpc) is 2.59. The third-order valence-electron chi connectivity index (χ3n) is 6.38. The van der Waals surface area contributed by atoms with Gasteiger partial charge in [0.15, 0.2) is 0 Å². The molecule has 2 fully saturated rings. The summed E-state index contributed by atoms with van der Waals surface area (Å²) >= 11 is 1.97. The lowest BCUT2D eigenvalue weighted by molar-refractivity contribution is 0.0682. The van der Waals surface area contributed by atoms with Crippen LogP contribution in [0.15, 0.2) is 0 Å². The molecule has 0 bridgehead atoms. The molecule has 2 aliphatic rings. The number of hydrogen-bond donors (Lipinski definition) is 0. The Hall–Kier alpha value is 0.270. The molecule has 0 radical (unpaired) electrons. The summed E-state index contributed by atoms with van der Waals surface area (Å²) in [6.45, 7) is 12.4. The third-order valence-corrected chi connectivity index (χ3v) is 7.30. The second-order valence-electron chi connectivity index (χ2n) is 8.31. The molecule has 2 rings (SSSR count). The van der Waals surface area contributed by atoms with Crippen molar-refractivity contribution in [3.8, 4) is 0 Å². The fourth-order valence-electron chi connectivity index (χ4n) is 4.87. The average molecular weight is 341 g/mol. The van der Waals surface area contributed by atoms with Crippen molar-refractivity contribution in [3.63, 3.8) is 0 Å². The van der Waals surface area contributed by atoms with Crippen molar-refractivity contribution in [2.45, 2.75) is 97.2 Å². The lowest BCUT2D eigenvalue weighted by Gasteiger charge is -2.43. The number of likely N-dealkylation sites (tertiary alicyclic amines) is 1. The molecule has 2 heterocycles. The Balaban J connectivity index is 1.83. The van der Waals surface area contributed by atoms with Crippen molar-refractivity contribution in [2.75, 3.05) is 19.3 Å². The Morgan fingerprint density at radius 3 is 2.00 bits per heavy atom. The molecule has 0 aromatic heterocycles. The van der Waals surface area contributed by atoms with Crippen LogP contribution in [-0.2, 0) is 0 Å². The summed E-state index contributed by atoms with van der Waals surface area (Å²) in [6, 6.07) is 2.36. The smallest absolute Gasteiger partial charge is 0.0228 e. The largest absolute Gasteiger partial charge is 0.298 e. The normalized spacial score (nSPS) is 30.5. The molecular weight excluding hydrogens is 300 g/mol. The fraction of sp³-hybridized carbons (Fsp3) is 1.00. The van der Waals surface area contributed by atoms with Crippen molar-refractivity contribution in [1.82, 2.24) is 9.21 Å². The van der Waals surface area contributed by atoms with E-state index in [0.717, 1.165) is 23.9 Å². The molecule has 0 saturated carbocycles. The summed E-state index contributed by atoms with van der Waals surface area (Å²) in [4.78, 5) is 2.79. The monoisotopic (exact) mass is 340 g/mol. The zero-order valence-electron chi connectivity index (χ0n) is 16.3. The van der Waals surface area contributed by atoms with Crippen LogP contribution in [0.2, 0.25) is 0 Å². The van der Waals surface area contributed by atoms with Crippen LogP contribution in [0.1, 0.15) is 79.1 Å². The van der Waals surface area contributed by atoms with Crippen LogP contribution in [0.25, 0.3) is 0 Å². The van der Waals surface area contributed by atoms with Crippen LogP contribution in [0.4, 0.5) is 0 Å². The molecule has 0 N–H and O–H groups in total. The second-order valence-corrected chi connectivity index (χ2v) is 9.15. The van der Waals surface area contributed by atoms with Crippen LogP contribution in [0.3, 0.4) is 0 Å². The van der Waals surface area contributed by atoms with Gasteiger partial charge in [0.1, 0.15) is 0 Å². The van der Waals surface area contributed by atoms with Gasteiger partial charge in [0.2, 0.25) is 0 Å². The Labute approximate surface area is 149 Å². The minimum atomic E-state index is 0.713. The minimum Gasteiger partial charge on any atom is -0.298 e. The van der Waals surface area contributed by atoms with E-state index in [4.69, 9.17) is 0 Å². The molecule has 2 nitrogen and oxygen atoms in total. The van der Waals surface area contributed by atoms with Crippen LogP contribution in [-0.4, -0.2) is 46.7 Å². The quantitative estimate of drug-likeness (QED) is 0.570. The van der Waals surface area contributed by atoms with E-state index in [1.165, 1.54) is 64.5 Å². The molecule has 0 spiro atoms. The van der Waals surface area contributed by atoms with Gasteiger partial charge in [-0.25, -0.2) is 4.31 Å². The summed E-state index contributed by atoms with van der Waals surface area (Å²) in [7, 11) is 0. The molecule has 23 heavy (non-hydrogen) atoms. The van der Waals surface area contributed by atoms with E-state index >= 15 is 0 Å². The number of hydrogen-bond acceptors (Lipinski definition) is 3. The van der Waals surface area contributed by atoms with E-state index in [1.54, 1.807) is 0 Å². The summed E-state index contributed by atoms with van der Waals surface area (Å²) in [6.07, 6.45) is 13.6. The highest BCUT2D eigenvalue weighted by molar-refractivity contribution is 7.96. The van der Waals surface area contributed by atoms with Crippen LogP contribution < -0.4 is 0 Å². The Kier molecular flexibility index (Phi) is 8.24. The minimum absolute atomic E-state index is 0.713. The summed E-state index contributed by atoms with van der Waals surface area (Å²) in [5, 5.41) is 0. The molecule has 0 aliphatic carbocycles. The zero-order chi connectivity index (χ0) is 16.8. The highest BCUT2D eigenvalue weighted by Gasteiger charge is 2.31. The SMILES string of the molecule is CSN1CCCCC1C(C)CCC(C)C1CCCCN1C(C)C. The van der Waals surface area contributed by atoms with Gasteiger partial charge in [0.25, 0.3) is 0 Å². The summed E-state index contributed by atoms with van der Waals surface area (Å²) in [5.74, 6) is 1.70. The molecular formula is C20H40N2S. The molecule has 0 amide bonds. The van der Waals surface area contributed by atoms with Gasteiger partial charge >= 0.3 is 0 Å². The van der Waals surface area contributed by atoms with E-state index in [-0.39, 0.29) is 0 Å². The maximum Gasteiger partial charge on any atom is 0.0228 e. The van der Waals surface area contributed by atoms with Crippen LogP contribution in [0, 0.1) is 11.8 Å². The van der Waals surface area contributed by atoms with Gasteiger partial charge in [-0.1, -0.05) is 38.6 Å². The second kappa shape index (κ2) is 9.68. The first-order valence-electron chi connectivity index (χ1n) is 10.1. The topological polar surface area (TPSA) is 6.48 Å². The molecule has 136 valence electrons. The van der Waals surface area contributed by atoms with Gasteiger partial charge in [0.05, 0.1) is 0 Å². The third kappa shape index (κ3) is 5.37. The predicted molar refractivity (Wildman–Crippen MR) is 105 cm³/mol. The standard InChI is InChI=1S/C20H40N2S/c1-16(2)21-14-8-6-10-19(21)17(3)12-13-18(4)20-11-7-9-15-22(20)23-5/h16-20H,6-15H2,1-5H3. The van der Waals surface area contributed by atoms with Gasteiger partial charge < -0.3 is 0 Å². The van der Waals surface area contributed by atoms with Gasteiger partial charge in [-0.15, -0.1) is 0 Å². The first-order valence-corrected chi connectivity index (χ1v) is 11.3. The summed E-state index contributed by atoms with van der Waals surface area (Å²) < 4.78 is 2.67. The Morgan fingerprint density at radius 2 is 1.39 bits per heavy atom. The highest BCUT2D eigenvalue weighted by atomic mass is 32.2. The van der Waals surface area contributed by atoms with Crippen molar-refractivity contribution in [1.29, 1.82) is 0 Å². The van der Waals surface area contributed by atoms with E-state index in [9.17, 15) is 0 Å². The lowest BCUT2D eigenvalue weighted by Crippen LogP contribution is -2.47. The fourth-order valence-corrected chi connectivity index (χ4v) is 5.76. The van der Waals surface area contributed by atoms with Gasteiger partial charge in [-0.2, -0.15) is 0 Å². The summed E-state index contributed by atoms with van der Waals surface area (Å²) in [5.41, 5.74) is 0. The molecule has 2 saturated heterocycles. The number of nitrogens with zero attached hydrogens (tertiary/aromatic N) is 2. The Bertz CT molecular complexity index is 334. The van der Waals surface area contributed by atoms with Crippen LogP contribution in [0.5, 0.6) is 0 Å². The molecule has 0 aromatic carbocycles.